The molecule has 0 saturated carbocycles. The van der Waals surface area contributed by atoms with Crippen molar-refractivity contribution in [1.29, 1.82) is 0 Å². The molecule has 8 heteroatoms. The third-order valence-electron chi connectivity index (χ3n) is 3.31. The van der Waals surface area contributed by atoms with Crippen molar-refractivity contribution in [2.75, 3.05) is 25.5 Å². The Bertz CT molecular complexity index is 562. The lowest BCUT2D eigenvalue weighted by Crippen LogP contribution is -2.41. The molecule has 21 heavy (non-hydrogen) atoms. The van der Waals surface area contributed by atoms with E-state index in [1.54, 1.807) is 13.2 Å². The second kappa shape index (κ2) is 8.07. The lowest BCUT2D eigenvalue weighted by Gasteiger charge is -2.29. The first-order valence-corrected chi connectivity index (χ1v) is 9.11. The maximum atomic E-state index is 12.9. The molecule has 2 N–H and O–H groups in total. The number of sulfonamides is 1. The Morgan fingerprint density at radius 3 is 2.52 bits per heavy atom. The van der Waals surface area contributed by atoms with Crippen LogP contribution in [0.4, 0.5) is 5.82 Å². The monoisotopic (exact) mass is 379 g/mol. The van der Waals surface area contributed by atoms with Crippen LogP contribution in [0.25, 0.3) is 0 Å². The molecule has 0 saturated heterocycles. The van der Waals surface area contributed by atoms with Crippen LogP contribution in [0.3, 0.4) is 0 Å². The van der Waals surface area contributed by atoms with Crippen molar-refractivity contribution >= 4 is 31.8 Å². The van der Waals surface area contributed by atoms with Crippen molar-refractivity contribution in [2.45, 2.75) is 37.6 Å². The van der Waals surface area contributed by atoms with E-state index >= 15 is 0 Å². The summed E-state index contributed by atoms with van der Waals surface area (Å²) in [4.78, 5) is 4.20. The number of nitrogens with zero attached hydrogens (tertiary/aromatic N) is 2. The fourth-order valence-electron chi connectivity index (χ4n) is 2.22. The Morgan fingerprint density at radius 2 is 2.05 bits per heavy atom. The van der Waals surface area contributed by atoms with Gasteiger partial charge in [-0.3, -0.25) is 0 Å². The van der Waals surface area contributed by atoms with Gasteiger partial charge in [-0.25, -0.2) is 13.4 Å². The zero-order chi connectivity index (χ0) is 16.0. The highest BCUT2D eigenvalue weighted by Crippen LogP contribution is 2.28. The van der Waals surface area contributed by atoms with Crippen molar-refractivity contribution < 1.29 is 13.5 Å². The minimum absolute atomic E-state index is 0.0738. The summed E-state index contributed by atoms with van der Waals surface area (Å²) in [7, 11) is -2.11. The summed E-state index contributed by atoms with van der Waals surface area (Å²) < 4.78 is 27.8. The fraction of sp³-hybridized carbons (Fsp3) is 0.615. The number of pyridine rings is 1. The number of rotatable bonds is 8. The zero-order valence-electron chi connectivity index (χ0n) is 12.5. The van der Waals surface area contributed by atoms with E-state index in [1.165, 1.54) is 10.4 Å². The molecule has 1 rings (SSSR count). The molecular formula is C13H22BrN3O3S. The molecule has 0 bridgehead atoms. The number of aromatic nitrogens is 1. The largest absolute Gasteiger partial charge is 0.395 e. The number of halogens is 1. The first-order valence-electron chi connectivity index (χ1n) is 6.88. The molecule has 1 aromatic heterocycles. The molecule has 0 unspecified atom stereocenters. The minimum atomic E-state index is -3.73. The van der Waals surface area contributed by atoms with E-state index in [2.05, 4.69) is 26.2 Å². The number of anilines is 1. The van der Waals surface area contributed by atoms with E-state index in [-0.39, 0.29) is 24.1 Å². The topological polar surface area (TPSA) is 82.5 Å². The van der Waals surface area contributed by atoms with E-state index in [9.17, 15) is 13.5 Å². The second-order valence-electron chi connectivity index (χ2n) is 4.56. The molecule has 6 nitrogen and oxygen atoms in total. The van der Waals surface area contributed by atoms with Gasteiger partial charge < -0.3 is 10.4 Å². The number of nitrogens with one attached hydrogen (secondary N) is 1. The number of aliphatic hydroxyl groups excluding tert-OH is 1. The Hall–Kier alpha value is -0.700. The van der Waals surface area contributed by atoms with Crippen LogP contribution >= 0.6 is 15.9 Å². The van der Waals surface area contributed by atoms with Gasteiger partial charge in [0.1, 0.15) is 10.7 Å². The van der Waals surface area contributed by atoms with Crippen LogP contribution in [-0.2, 0) is 10.0 Å². The first kappa shape index (κ1) is 18.3. The molecular weight excluding hydrogens is 358 g/mol. The molecule has 120 valence electrons. The maximum Gasteiger partial charge on any atom is 0.247 e. The van der Waals surface area contributed by atoms with Crippen molar-refractivity contribution in [2.24, 2.45) is 0 Å². The van der Waals surface area contributed by atoms with Gasteiger partial charge in [0.15, 0.2) is 0 Å². The van der Waals surface area contributed by atoms with E-state index in [1.807, 2.05) is 13.8 Å². The summed E-state index contributed by atoms with van der Waals surface area (Å²) in [5.41, 5.74) is 0. The second-order valence-corrected chi connectivity index (χ2v) is 7.33. The highest BCUT2D eigenvalue weighted by molar-refractivity contribution is 9.10. The molecule has 0 aromatic carbocycles. The molecule has 1 aromatic rings. The van der Waals surface area contributed by atoms with Gasteiger partial charge in [0.2, 0.25) is 10.0 Å². The van der Waals surface area contributed by atoms with Crippen LogP contribution in [0.2, 0.25) is 0 Å². The van der Waals surface area contributed by atoms with Gasteiger partial charge in [0.25, 0.3) is 0 Å². The molecule has 0 spiro atoms. The lowest BCUT2D eigenvalue weighted by molar-refractivity contribution is 0.219. The predicted octanol–water partition coefficient (Wildman–Crippen LogP) is 2.06. The Kier molecular flexibility index (Phi) is 7.05. The molecule has 0 aliphatic heterocycles. The summed E-state index contributed by atoms with van der Waals surface area (Å²) in [6.07, 6.45) is 2.91. The average molecular weight is 380 g/mol. The van der Waals surface area contributed by atoms with Gasteiger partial charge >= 0.3 is 0 Å². The molecule has 0 atom stereocenters. The van der Waals surface area contributed by atoms with Crippen molar-refractivity contribution in [1.82, 2.24) is 9.29 Å². The molecule has 0 amide bonds. The fourth-order valence-corrected chi connectivity index (χ4v) is 4.65. The Labute approximate surface area is 134 Å². The standard InChI is InChI=1S/C13H22BrN3O3S/c1-4-11(5-2)17(6-7-18)21(19,20)12-8-10(14)9-16-13(12)15-3/h8-9,11,18H,4-7H2,1-3H3,(H,15,16). The Morgan fingerprint density at radius 1 is 1.43 bits per heavy atom. The summed E-state index contributed by atoms with van der Waals surface area (Å²) in [5, 5.41) is 12.0. The SMILES string of the molecule is CCC(CC)N(CCO)S(=O)(=O)c1cc(Br)cnc1NC. The average Bonchev–Trinajstić information content (AvgIpc) is 2.47. The van der Waals surface area contributed by atoms with E-state index in [0.29, 0.717) is 23.1 Å². The number of hydrogen-bond acceptors (Lipinski definition) is 5. The first-order chi connectivity index (χ1) is 9.92. The van der Waals surface area contributed by atoms with Crippen LogP contribution in [-0.4, -0.2) is 49.1 Å². The van der Waals surface area contributed by atoms with E-state index in [4.69, 9.17) is 0 Å². The van der Waals surface area contributed by atoms with Crippen LogP contribution < -0.4 is 5.32 Å². The van der Waals surface area contributed by atoms with Crippen LogP contribution in [0.1, 0.15) is 26.7 Å². The zero-order valence-corrected chi connectivity index (χ0v) is 14.9. The maximum absolute atomic E-state index is 12.9. The third-order valence-corrected chi connectivity index (χ3v) is 5.71. The molecule has 0 aliphatic carbocycles. The summed E-state index contributed by atoms with van der Waals surface area (Å²) in [6, 6.07) is 1.38. The highest BCUT2D eigenvalue weighted by Gasteiger charge is 2.31. The molecule has 0 fully saturated rings. The summed E-state index contributed by atoms with van der Waals surface area (Å²) in [6.45, 7) is 3.73. The van der Waals surface area contributed by atoms with E-state index in [0.717, 1.165) is 0 Å². The predicted molar refractivity (Wildman–Crippen MR) is 86.8 cm³/mol. The number of aliphatic hydroxyl groups is 1. The lowest BCUT2D eigenvalue weighted by atomic mass is 10.2. The van der Waals surface area contributed by atoms with Crippen molar-refractivity contribution in [3.05, 3.63) is 16.7 Å². The molecule has 1 heterocycles. The third kappa shape index (κ3) is 4.15. The highest BCUT2D eigenvalue weighted by atomic mass is 79.9. The van der Waals surface area contributed by atoms with Crippen LogP contribution in [0.5, 0.6) is 0 Å². The summed E-state index contributed by atoms with van der Waals surface area (Å²) in [5.74, 6) is 0.298. The van der Waals surface area contributed by atoms with Gasteiger partial charge in [-0.05, 0) is 34.8 Å². The van der Waals surface area contributed by atoms with Gasteiger partial charge in [-0.1, -0.05) is 13.8 Å². The smallest absolute Gasteiger partial charge is 0.247 e. The van der Waals surface area contributed by atoms with Crippen LogP contribution in [0, 0.1) is 0 Å². The molecule has 0 aliphatic rings. The molecule has 0 radical (unpaired) electrons. The Balaban J connectivity index is 3.38. The van der Waals surface area contributed by atoms with Gasteiger partial charge in [0, 0.05) is 30.3 Å². The van der Waals surface area contributed by atoms with Gasteiger partial charge in [0.05, 0.1) is 6.61 Å². The van der Waals surface area contributed by atoms with E-state index < -0.39 is 10.0 Å². The summed E-state index contributed by atoms with van der Waals surface area (Å²) >= 11 is 3.25. The van der Waals surface area contributed by atoms with Gasteiger partial charge in [-0.2, -0.15) is 4.31 Å². The van der Waals surface area contributed by atoms with Gasteiger partial charge in [-0.15, -0.1) is 0 Å². The quantitative estimate of drug-likeness (QED) is 0.722. The van der Waals surface area contributed by atoms with Crippen molar-refractivity contribution in [3.8, 4) is 0 Å². The minimum Gasteiger partial charge on any atom is -0.395 e. The van der Waals surface area contributed by atoms with Crippen molar-refractivity contribution in [3.63, 3.8) is 0 Å². The van der Waals surface area contributed by atoms with Crippen LogP contribution in [0.15, 0.2) is 21.6 Å². The number of hydrogen-bond donors (Lipinski definition) is 2. The normalized spacial score (nSPS) is 12.1.